The summed E-state index contributed by atoms with van der Waals surface area (Å²) in [5.41, 5.74) is 6.54. The number of carbonyl (C=O) groups excluding carboxylic acids is 2. The number of amides is 2. The Morgan fingerprint density at radius 1 is 1.29 bits per heavy atom. The van der Waals surface area contributed by atoms with Crippen molar-refractivity contribution in [3.63, 3.8) is 0 Å². The Bertz CT molecular complexity index is 699. The normalized spacial score (nSPS) is 16.6. The van der Waals surface area contributed by atoms with Gasteiger partial charge in [0.05, 0.1) is 18.8 Å². The second kappa shape index (κ2) is 5.88. The van der Waals surface area contributed by atoms with E-state index in [1.807, 2.05) is 0 Å². The average Bonchev–Trinajstić information content (AvgIpc) is 2.37. The van der Waals surface area contributed by atoms with Crippen molar-refractivity contribution in [2.24, 2.45) is 5.73 Å². The first-order chi connectivity index (χ1) is 9.78. The van der Waals surface area contributed by atoms with Gasteiger partial charge in [-0.05, 0) is 11.6 Å². The van der Waals surface area contributed by atoms with Crippen LogP contribution in [-0.2, 0) is 25.4 Å². The van der Waals surface area contributed by atoms with Gasteiger partial charge in [0.2, 0.25) is 21.8 Å². The molecule has 1 aromatic rings. The SMILES string of the molecule is NC(=S)c1cccc(CS(=O)(=O)N2CC(=O)NC(=O)C2)c1. The molecule has 9 heteroatoms. The molecule has 0 unspecified atom stereocenters. The van der Waals surface area contributed by atoms with Crippen LogP contribution < -0.4 is 11.1 Å². The first kappa shape index (κ1) is 15.5. The van der Waals surface area contributed by atoms with Gasteiger partial charge in [-0.25, -0.2) is 8.42 Å². The highest BCUT2D eigenvalue weighted by molar-refractivity contribution is 7.88. The summed E-state index contributed by atoms with van der Waals surface area (Å²) in [6.45, 7) is -0.716. The van der Waals surface area contributed by atoms with E-state index in [0.29, 0.717) is 11.1 Å². The lowest BCUT2D eigenvalue weighted by molar-refractivity contribution is -0.134. The van der Waals surface area contributed by atoms with Crippen LogP contribution in [0.25, 0.3) is 0 Å². The highest BCUT2D eigenvalue weighted by Crippen LogP contribution is 2.14. The van der Waals surface area contributed by atoms with Crippen molar-refractivity contribution in [1.82, 2.24) is 9.62 Å². The maximum atomic E-state index is 12.3. The van der Waals surface area contributed by atoms with Crippen molar-refractivity contribution in [2.45, 2.75) is 5.75 Å². The zero-order chi connectivity index (χ0) is 15.6. The summed E-state index contributed by atoms with van der Waals surface area (Å²) in [6, 6.07) is 6.51. The van der Waals surface area contributed by atoms with Gasteiger partial charge in [-0.15, -0.1) is 0 Å². The van der Waals surface area contributed by atoms with Crippen LogP contribution in [0.3, 0.4) is 0 Å². The number of sulfonamides is 1. The largest absolute Gasteiger partial charge is 0.389 e. The van der Waals surface area contributed by atoms with Gasteiger partial charge >= 0.3 is 0 Å². The average molecular weight is 327 g/mol. The monoisotopic (exact) mass is 327 g/mol. The van der Waals surface area contributed by atoms with Crippen LogP contribution in [0.1, 0.15) is 11.1 Å². The first-order valence-electron chi connectivity index (χ1n) is 5.97. The maximum absolute atomic E-state index is 12.3. The number of rotatable bonds is 4. The molecule has 7 nitrogen and oxygen atoms in total. The smallest absolute Gasteiger partial charge is 0.241 e. The Labute approximate surface area is 127 Å². The lowest BCUT2D eigenvalue weighted by Gasteiger charge is -2.24. The van der Waals surface area contributed by atoms with Crippen molar-refractivity contribution in [3.8, 4) is 0 Å². The third kappa shape index (κ3) is 3.84. The minimum Gasteiger partial charge on any atom is -0.389 e. The zero-order valence-electron chi connectivity index (χ0n) is 10.9. The number of nitrogens with two attached hydrogens (primary N) is 1. The minimum absolute atomic E-state index is 0.168. The van der Waals surface area contributed by atoms with E-state index in [2.05, 4.69) is 5.32 Å². The third-order valence-electron chi connectivity index (χ3n) is 2.87. The van der Waals surface area contributed by atoms with Crippen LogP contribution >= 0.6 is 12.2 Å². The molecule has 1 aromatic carbocycles. The molecule has 0 aromatic heterocycles. The fourth-order valence-corrected chi connectivity index (χ4v) is 3.46. The van der Waals surface area contributed by atoms with Gasteiger partial charge in [0, 0.05) is 5.56 Å². The number of thiocarbonyl (C=S) groups is 1. The Kier molecular flexibility index (Phi) is 4.35. The third-order valence-corrected chi connectivity index (χ3v) is 4.85. The van der Waals surface area contributed by atoms with Gasteiger partial charge in [0.15, 0.2) is 0 Å². The highest BCUT2D eigenvalue weighted by atomic mass is 32.2. The molecule has 0 radical (unpaired) electrons. The molecule has 0 bridgehead atoms. The van der Waals surface area contributed by atoms with E-state index in [1.165, 1.54) is 0 Å². The number of piperazine rings is 1. The number of hydrogen-bond donors (Lipinski definition) is 2. The van der Waals surface area contributed by atoms with E-state index in [9.17, 15) is 18.0 Å². The van der Waals surface area contributed by atoms with Crippen LogP contribution in [0.2, 0.25) is 0 Å². The lowest BCUT2D eigenvalue weighted by atomic mass is 10.1. The van der Waals surface area contributed by atoms with Crippen molar-refractivity contribution in [3.05, 3.63) is 35.4 Å². The Balaban J connectivity index is 2.21. The lowest BCUT2D eigenvalue weighted by Crippen LogP contribution is -2.53. The summed E-state index contributed by atoms with van der Waals surface area (Å²) >= 11 is 4.84. The summed E-state index contributed by atoms with van der Waals surface area (Å²) in [7, 11) is -3.78. The van der Waals surface area contributed by atoms with Gasteiger partial charge < -0.3 is 5.73 Å². The van der Waals surface area contributed by atoms with Crippen LogP contribution in [0.15, 0.2) is 24.3 Å². The van der Waals surface area contributed by atoms with Crippen molar-refractivity contribution < 1.29 is 18.0 Å². The van der Waals surface area contributed by atoms with Crippen molar-refractivity contribution in [2.75, 3.05) is 13.1 Å². The predicted molar refractivity (Wildman–Crippen MR) is 79.7 cm³/mol. The Morgan fingerprint density at radius 3 is 2.48 bits per heavy atom. The summed E-state index contributed by atoms with van der Waals surface area (Å²) in [6.07, 6.45) is 0. The Hall–Kier alpha value is -1.84. The van der Waals surface area contributed by atoms with Gasteiger partial charge in [-0.1, -0.05) is 30.4 Å². The molecule has 0 spiro atoms. The number of nitrogens with one attached hydrogen (secondary N) is 1. The van der Waals surface area contributed by atoms with Gasteiger partial charge in [-0.2, -0.15) is 4.31 Å². The number of imide groups is 1. The van der Waals surface area contributed by atoms with E-state index < -0.39 is 21.8 Å². The molecular weight excluding hydrogens is 314 g/mol. The van der Waals surface area contributed by atoms with Crippen LogP contribution in [0.4, 0.5) is 0 Å². The molecule has 21 heavy (non-hydrogen) atoms. The van der Waals surface area contributed by atoms with Crippen molar-refractivity contribution >= 4 is 39.0 Å². The van der Waals surface area contributed by atoms with Gasteiger partial charge in [0.1, 0.15) is 4.99 Å². The molecule has 3 N–H and O–H groups in total. The molecule has 112 valence electrons. The van der Waals surface area contributed by atoms with E-state index in [4.69, 9.17) is 18.0 Å². The zero-order valence-corrected chi connectivity index (χ0v) is 12.5. The molecule has 0 atom stereocenters. The molecule has 1 fully saturated rings. The molecule has 1 aliphatic heterocycles. The standard InChI is InChI=1S/C12H13N3O4S2/c13-12(20)9-3-1-2-8(4-9)7-21(18,19)15-5-10(16)14-11(17)6-15/h1-4H,5-7H2,(H2,13,20)(H,14,16,17). The maximum Gasteiger partial charge on any atom is 0.241 e. The molecular formula is C12H13N3O4S2. The van der Waals surface area contributed by atoms with Crippen LogP contribution in [0, 0.1) is 0 Å². The molecule has 2 amide bonds. The second-order valence-corrected chi connectivity index (χ2v) is 6.97. The summed E-state index contributed by atoms with van der Waals surface area (Å²) in [4.78, 5) is 22.7. The topological polar surface area (TPSA) is 110 Å². The van der Waals surface area contributed by atoms with Gasteiger partial charge in [0.25, 0.3) is 0 Å². The van der Waals surface area contributed by atoms with E-state index in [-0.39, 0.29) is 23.8 Å². The molecule has 1 saturated heterocycles. The summed E-state index contributed by atoms with van der Waals surface area (Å²) < 4.78 is 25.4. The number of benzene rings is 1. The number of nitrogens with zero attached hydrogens (tertiary/aromatic N) is 1. The fraction of sp³-hybridized carbons (Fsp3) is 0.250. The molecule has 2 rings (SSSR count). The molecule has 1 aliphatic rings. The van der Waals surface area contributed by atoms with E-state index >= 15 is 0 Å². The minimum atomic E-state index is -3.78. The fourth-order valence-electron chi connectivity index (χ4n) is 1.92. The van der Waals surface area contributed by atoms with E-state index in [1.54, 1.807) is 24.3 Å². The molecule has 1 heterocycles. The van der Waals surface area contributed by atoms with Crippen LogP contribution in [-0.4, -0.2) is 42.6 Å². The quantitative estimate of drug-likeness (QED) is 0.548. The predicted octanol–water partition coefficient (Wildman–Crippen LogP) is -0.891. The molecule has 0 saturated carbocycles. The van der Waals surface area contributed by atoms with Crippen molar-refractivity contribution in [1.29, 1.82) is 0 Å². The number of carbonyl (C=O) groups is 2. The first-order valence-corrected chi connectivity index (χ1v) is 7.99. The van der Waals surface area contributed by atoms with E-state index in [0.717, 1.165) is 4.31 Å². The molecule has 0 aliphatic carbocycles. The second-order valence-electron chi connectivity index (χ2n) is 4.56. The van der Waals surface area contributed by atoms with Gasteiger partial charge in [-0.3, -0.25) is 14.9 Å². The Morgan fingerprint density at radius 2 is 1.90 bits per heavy atom. The summed E-state index contributed by atoms with van der Waals surface area (Å²) in [5.74, 6) is -1.59. The summed E-state index contributed by atoms with van der Waals surface area (Å²) in [5, 5.41) is 2.05. The number of hydrogen-bond acceptors (Lipinski definition) is 5. The highest BCUT2D eigenvalue weighted by Gasteiger charge is 2.31. The van der Waals surface area contributed by atoms with Crippen LogP contribution in [0.5, 0.6) is 0 Å².